The van der Waals surface area contributed by atoms with E-state index in [1.165, 1.54) is 17.0 Å². The van der Waals surface area contributed by atoms with Gasteiger partial charge in [0.05, 0.1) is 12.1 Å². The molecule has 0 saturated carbocycles. The van der Waals surface area contributed by atoms with E-state index in [9.17, 15) is 18.0 Å². The van der Waals surface area contributed by atoms with E-state index in [0.717, 1.165) is 6.07 Å². The lowest BCUT2D eigenvalue weighted by Crippen LogP contribution is -2.36. The maximum Gasteiger partial charge on any atom is 0.416 e. The zero-order valence-electron chi connectivity index (χ0n) is 12.4. The fourth-order valence-electron chi connectivity index (χ4n) is 1.85. The molecule has 0 fully saturated rings. The Hall–Kier alpha value is -1.76. The third-order valence-electron chi connectivity index (χ3n) is 3.14. The van der Waals surface area contributed by atoms with Crippen molar-refractivity contribution < 1.29 is 18.0 Å². The van der Waals surface area contributed by atoms with E-state index in [-0.39, 0.29) is 30.2 Å². The predicted octanol–water partition coefficient (Wildman–Crippen LogP) is 2.20. The first-order valence-corrected chi connectivity index (χ1v) is 6.53. The Morgan fingerprint density at radius 2 is 1.90 bits per heavy atom. The number of carbonyl (C=O) groups is 1. The monoisotopic (exact) mass is 303 g/mol. The van der Waals surface area contributed by atoms with Gasteiger partial charge in [0.15, 0.2) is 0 Å². The van der Waals surface area contributed by atoms with Crippen LogP contribution >= 0.6 is 0 Å². The number of rotatable bonds is 5. The normalized spacial score (nSPS) is 11.8. The number of alkyl halides is 3. The summed E-state index contributed by atoms with van der Waals surface area (Å²) in [5.41, 5.74) is 4.87. The van der Waals surface area contributed by atoms with E-state index in [2.05, 4.69) is 0 Å². The number of likely N-dealkylation sites (N-methyl/N-ethyl adjacent to an activating group) is 2. The van der Waals surface area contributed by atoms with E-state index in [1.54, 1.807) is 25.9 Å². The molecule has 0 radical (unpaired) electrons. The summed E-state index contributed by atoms with van der Waals surface area (Å²) < 4.78 is 39.1. The molecule has 0 bridgehead atoms. The van der Waals surface area contributed by atoms with E-state index in [1.807, 2.05) is 0 Å². The molecular weight excluding hydrogens is 283 g/mol. The fraction of sp³-hybridized carbons (Fsp3) is 0.500. The Labute approximate surface area is 122 Å². The number of amides is 1. The quantitative estimate of drug-likeness (QED) is 0.848. The predicted molar refractivity (Wildman–Crippen MR) is 75.5 cm³/mol. The van der Waals surface area contributed by atoms with Gasteiger partial charge >= 0.3 is 6.18 Å². The highest BCUT2D eigenvalue weighted by Crippen LogP contribution is 2.33. The number of benzene rings is 1. The Kier molecular flexibility index (Phi) is 5.60. The maximum absolute atomic E-state index is 13.0. The van der Waals surface area contributed by atoms with E-state index in [4.69, 9.17) is 5.73 Å². The van der Waals surface area contributed by atoms with Gasteiger partial charge in [0, 0.05) is 26.3 Å². The average Bonchev–Trinajstić information content (AvgIpc) is 2.38. The summed E-state index contributed by atoms with van der Waals surface area (Å²) in [5.74, 6) is -0.152. The largest absolute Gasteiger partial charge is 0.416 e. The highest BCUT2D eigenvalue weighted by molar-refractivity contribution is 5.77. The Morgan fingerprint density at radius 3 is 2.38 bits per heavy atom. The standard InChI is InChI=1S/C14H20F3N3O/c1-4-20(9-13(21)19(2)3)8-10-5-6-11(18)7-12(10)14(15,16)17/h5-7H,4,8-9,18H2,1-3H3. The first-order chi connectivity index (χ1) is 9.65. The van der Waals surface area contributed by atoms with Gasteiger partial charge in [0.1, 0.15) is 0 Å². The molecule has 1 aromatic rings. The molecule has 1 rings (SSSR count). The SMILES string of the molecule is CCN(CC(=O)N(C)C)Cc1ccc(N)cc1C(F)(F)F. The summed E-state index contributed by atoms with van der Waals surface area (Å²) >= 11 is 0. The lowest BCUT2D eigenvalue weighted by molar-refractivity contribution is -0.138. The van der Waals surface area contributed by atoms with Crippen LogP contribution in [0.2, 0.25) is 0 Å². The Morgan fingerprint density at radius 1 is 1.29 bits per heavy atom. The minimum Gasteiger partial charge on any atom is -0.399 e. The second-order valence-corrected chi connectivity index (χ2v) is 5.01. The van der Waals surface area contributed by atoms with Crippen LogP contribution in [-0.2, 0) is 17.5 Å². The van der Waals surface area contributed by atoms with Crippen LogP contribution in [0.1, 0.15) is 18.1 Å². The number of hydrogen-bond donors (Lipinski definition) is 1. The lowest BCUT2D eigenvalue weighted by atomic mass is 10.1. The highest BCUT2D eigenvalue weighted by atomic mass is 19.4. The van der Waals surface area contributed by atoms with Crippen molar-refractivity contribution in [1.82, 2.24) is 9.80 Å². The van der Waals surface area contributed by atoms with Gasteiger partial charge in [-0.15, -0.1) is 0 Å². The van der Waals surface area contributed by atoms with E-state index >= 15 is 0 Å². The molecule has 0 aliphatic heterocycles. The molecule has 7 heteroatoms. The summed E-state index contributed by atoms with van der Waals surface area (Å²) in [5, 5.41) is 0. The molecule has 0 aromatic heterocycles. The molecule has 118 valence electrons. The lowest BCUT2D eigenvalue weighted by Gasteiger charge is -2.23. The van der Waals surface area contributed by atoms with Crippen molar-refractivity contribution in [3.05, 3.63) is 29.3 Å². The number of nitrogens with zero attached hydrogens (tertiary/aromatic N) is 2. The zero-order chi connectivity index (χ0) is 16.2. The van der Waals surface area contributed by atoms with Crippen LogP contribution in [0.3, 0.4) is 0 Å². The number of halogens is 3. The van der Waals surface area contributed by atoms with Crippen molar-refractivity contribution in [2.24, 2.45) is 0 Å². The van der Waals surface area contributed by atoms with Crippen LogP contribution < -0.4 is 5.73 Å². The topological polar surface area (TPSA) is 49.6 Å². The van der Waals surface area contributed by atoms with Gasteiger partial charge in [0.2, 0.25) is 5.91 Å². The second kappa shape index (κ2) is 6.80. The third-order valence-corrected chi connectivity index (χ3v) is 3.14. The number of nitrogen functional groups attached to an aromatic ring is 1. The minimum atomic E-state index is -4.46. The molecule has 1 aromatic carbocycles. The first kappa shape index (κ1) is 17.3. The molecular formula is C14H20F3N3O. The van der Waals surface area contributed by atoms with Crippen LogP contribution in [0.5, 0.6) is 0 Å². The summed E-state index contributed by atoms with van der Waals surface area (Å²) in [6.07, 6.45) is -4.46. The van der Waals surface area contributed by atoms with Gasteiger partial charge in [-0.2, -0.15) is 13.2 Å². The molecule has 0 heterocycles. The number of anilines is 1. The molecule has 0 atom stereocenters. The van der Waals surface area contributed by atoms with Crippen molar-refractivity contribution in [1.29, 1.82) is 0 Å². The summed E-state index contributed by atoms with van der Waals surface area (Å²) in [4.78, 5) is 14.7. The number of carbonyl (C=O) groups excluding carboxylic acids is 1. The van der Waals surface area contributed by atoms with Gasteiger partial charge in [-0.1, -0.05) is 13.0 Å². The number of nitrogens with two attached hydrogens (primary N) is 1. The molecule has 21 heavy (non-hydrogen) atoms. The van der Waals surface area contributed by atoms with Crippen LogP contribution in [0, 0.1) is 0 Å². The van der Waals surface area contributed by atoms with Crippen LogP contribution in [0.25, 0.3) is 0 Å². The van der Waals surface area contributed by atoms with E-state index in [0.29, 0.717) is 6.54 Å². The van der Waals surface area contributed by atoms with Crippen molar-refractivity contribution in [3.8, 4) is 0 Å². The molecule has 1 amide bonds. The van der Waals surface area contributed by atoms with Gasteiger partial charge < -0.3 is 10.6 Å². The Bertz CT molecular complexity index is 501. The zero-order valence-corrected chi connectivity index (χ0v) is 12.4. The Balaban J connectivity index is 2.97. The summed E-state index contributed by atoms with van der Waals surface area (Å²) in [7, 11) is 3.22. The fourth-order valence-corrected chi connectivity index (χ4v) is 1.85. The van der Waals surface area contributed by atoms with Crippen LogP contribution in [-0.4, -0.2) is 42.9 Å². The molecule has 4 nitrogen and oxygen atoms in total. The highest BCUT2D eigenvalue weighted by Gasteiger charge is 2.33. The molecule has 0 spiro atoms. The molecule has 2 N–H and O–H groups in total. The summed E-state index contributed by atoms with van der Waals surface area (Å²) in [6, 6.07) is 3.73. The van der Waals surface area contributed by atoms with Gasteiger partial charge in [-0.05, 0) is 24.2 Å². The van der Waals surface area contributed by atoms with Crippen molar-refractivity contribution in [3.63, 3.8) is 0 Å². The molecule has 0 aliphatic carbocycles. The third kappa shape index (κ3) is 4.93. The van der Waals surface area contributed by atoms with Crippen molar-refractivity contribution in [2.45, 2.75) is 19.6 Å². The van der Waals surface area contributed by atoms with Crippen LogP contribution in [0.4, 0.5) is 18.9 Å². The molecule has 0 aliphatic rings. The van der Waals surface area contributed by atoms with Gasteiger partial charge in [-0.25, -0.2) is 0 Å². The smallest absolute Gasteiger partial charge is 0.399 e. The average molecular weight is 303 g/mol. The number of hydrogen-bond acceptors (Lipinski definition) is 3. The van der Waals surface area contributed by atoms with E-state index < -0.39 is 11.7 Å². The first-order valence-electron chi connectivity index (χ1n) is 6.53. The molecule has 0 saturated heterocycles. The second-order valence-electron chi connectivity index (χ2n) is 5.01. The minimum absolute atomic E-state index is 0.0468. The van der Waals surface area contributed by atoms with Gasteiger partial charge in [0.25, 0.3) is 0 Å². The van der Waals surface area contributed by atoms with Gasteiger partial charge in [-0.3, -0.25) is 9.69 Å². The summed E-state index contributed by atoms with van der Waals surface area (Å²) in [6.45, 7) is 2.39. The molecule has 0 unspecified atom stereocenters. The van der Waals surface area contributed by atoms with Crippen molar-refractivity contribution >= 4 is 11.6 Å². The van der Waals surface area contributed by atoms with Crippen LogP contribution in [0.15, 0.2) is 18.2 Å². The maximum atomic E-state index is 13.0. The van der Waals surface area contributed by atoms with Crippen molar-refractivity contribution in [2.75, 3.05) is 32.9 Å².